The van der Waals surface area contributed by atoms with Gasteiger partial charge in [0.15, 0.2) is 0 Å². The van der Waals surface area contributed by atoms with E-state index in [0.717, 1.165) is 19.4 Å². The maximum atomic E-state index is 9.33. The van der Waals surface area contributed by atoms with Gasteiger partial charge in [-0.05, 0) is 42.6 Å². The Morgan fingerprint density at radius 2 is 2.38 bits per heavy atom. The van der Waals surface area contributed by atoms with E-state index in [0.29, 0.717) is 11.8 Å². The molecule has 0 aliphatic carbocycles. The lowest BCUT2D eigenvalue weighted by Crippen LogP contribution is -2.29. The zero-order chi connectivity index (χ0) is 9.26. The summed E-state index contributed by atoms with van der Waals surface area (Å²) >= 11 is 0. The highest BCUT2D eigenvalue weighted by molar-refractivity contribution is 5.38. The fourth-order valence-corrected chi connectivity index (χ4v) is 2.00. The van der Waals surface area contributed by atoms with Crippen LogP contribution in [-0.2, 0) is 6.42 Å². The normalized spacial score (nSPS) is 21.2. The Kier molecular flexibility index (Phi) is 2.23. The van der Waals surface area contributed by atoms with Crippen LogP contribution in [-0.4, -0.2) is 11.7 Å². The Morgan fingerprint density at radius 3 is 3.15 bits per heavy atom. The molecule has 2 nitrogen and oxygen atoms in total. The predicted molar refractivity (Wildman–Crippen MR) is 52.8 cm³/mol. The van der Waals surface area contributed by atoms with E-state index in [-0.39, 0.29) is 0 Å². The monoisotopic (exact) mass is 177 g/mol. The molecule has 1 aromatic rings. The fourth-order valence-electron chi connectivity index (χ4n) is 2.00. The second kappa shape index (κ2) is 3.38. The molecule has 0 aromatic heterocycles. The molecule has 1 heterocycles. The minimum absolute atomic E-state index is 0.385. The van der Waals surface area contributed by atoms with Gasteiger partial charge in [-0.2, -0.15) is 0 Å². The highest BCUT2D eigenvalue weighted by Gasteiger charge is 2.17. The first-order valence-electron chi connectivity index (χ1n) is 4.86. The van der Waals surface area contributed by atoms with Crippen molar-refractivity contribution in [2.75, 3.05) is 6.54 Å². The lowest BCUT2D eigenvalue weighted by molar-refractivity contribution is 0.464. The Bertz CT molecular complexity index is 309. The molecule has 1 aliphatic rings. The van der Waals surface area contributed by atoms with E-state index in [2.05, 4.69) is 12.2 Å². The summed E-state index contributed by atoms with van der Waals surface area (Å²) in [5.74, 6) is 0.385. The van der Waals surface area contributed by atoms with E-state index >= 15 is 0 Å². The number of rotatable bonds is 1. The van der Waals surface area contributed by atoms with E-state index < -0.39 is 0 Å². The van der Waals surface area contributed by atoms with Crippen molar-refractivity contribution in [2.45, 2.75) is 25.8 Å². The van der Waals surface area contributed by atoms with Gasteiger partial charge in [-0.3, -0.25) is 0 Å². The minimum atomic E-state index is 0.385. The van der Waals surface area contributed by atoms with E-state index in [1.165, 1.54) is 11.1 Å². The summed E-state index contributed by atoms with van der Waals surface area (Å²) in [7, 11) is 0. The third kappa shape index (κ3) is 1.54. The summed E-state index contributed by atoms with van der Waals surface area (Å²) in [5.41, 5.74) is 2.65. The summed E-state index contributed by atoms with van der Waals surface area (Å²) in [6, 6.07) is 6.17. The summed E-state index contributed by atoms with van der Waals surface area (Å²) in [6.07, 6.45) is 2.14. The van der Waals surface area contributed by atoms with Crippen molar-refractivity contribution in [3.05, 3.63) is 29.3 Å². The first kappa shape index (κ1) is 8.57. The molecule has 70 valence electrons. The van der Waals surface area contributed by atoms with Gasteiger partial charge in [-0.25, -0.2) is 0 Å². The Morgan fingerprint density at radius 1 is 1.54 bits per heavy atom. The van der Waals surface area contributed by atoms with Crippen LogP contribution in [0, 0.1) is 0 Å². The van der Waals surface area contributed by atoms with Crippen LogP contribution >= 0.6 is 0 Å². The summed E-state index contributed by atoms with van der Waals surface area (Å²) in [4.78, 5) is 0. The van der Waals surface area contributed by atoms with Crippen LogP contribution in [0.4, 0.5) is 0 Å². The average Bonchev–Trinajstić information content (AvgIpc) is 2.16. The van der Waals surface area contributed by atoms with Gasteiger partial charge >= 0.3 is 0 Å². The standard InChI is InChI=1S/C11H15NO/c1-2-11-10-4-3-9(13)7-8(10)5-6-12-11/h3-4,7,11-13H,2,5-6H2,1H3. The highest BCUT2D eigenvalue weighted by atomic mass is 16.3. The van der Waals surface area contributed by atoms with E-state index in [9.17, 15) is 5.11 Å². The number of aromatic hydroxyl groups is 1. The third-order valence-electron chi connectivity index (χ3n) is 2.70. The van der Waals surface area contributed by atoms with Gasteiger partial charge in [0.25, 0.3) is 0 Å². The molecule has 0 bridgehead atoms. The van der Waals surface area contributed by atoms with Gasteiger partial charge in [0.1, 0.15) is 5.75 Å². The van der Waals surface area contributed by atoms with Crippen molar-refractivity contribution in [3.8, 4) is 5.75 Å². The quantitative estimate of drug-likeness (QED) is 0.687. The summed E-state index contributed by atoms with van der Waals surface area (Å²) in [6.45, 7) is 3.20. The molecular formula is C11H15NO. The van der Waals surface area contributed by atoms with Crippen LogP contribution in [0.1, 0.15) is 30.5 Å². The molecule has 0 amide bonds. The van der Waals surface area contributed by atoms with E-state index in [4.69, 9.17) is 0 Å². The van der Waals surface area contributed by atoms with Crippen LogP contribution < -0.4 is 5.32 Å². The van der Waals surface area contributed by atoms with E-state index in [1.54, 1.807) is 6.07 Å². The fraction of sp³-hybridized carbons (Fsp3) is 0.455. The van der Waals surface area contributed by atoms with Gasteiger partial charge in [-0.15, -0.1) is 0 Å². The zero-order valence-corrected chi connectivity index (χ0v) is 7.88. The Hall–Kier alpha value is -1.02. The molecule has 0 spiro atoms. The Balaban J connectivity index is 2.40. The van der Waals surface area contributed by atoms with Crippen molar-refractivity contribution >= 4 is 0 Å². The molecule has 0 radical (unpaired) electrons. The van der Waals surface area contributed by atoms with Crippen molar-refractivity contribution in [3.63, 3.8) is 0 Å². The largest absolute Gasteiger partial charge is 0.508 e. The molecule has 1 atom stereocenters. The van der Waals surface area contributed by atoms with Crippen LogP contribution in [0.3, 0.4) is 0 Å². The highest BCUT2D eigenvalue weighted by Crippen LogP contribution is 2.27. The molecule has 0 saturated carbocycles. The smallest absolute Gasteiger partial charge is 0.115 e. The van der Waals surface area contributed by atoms with Gasteiger partial charge < -0.3 is 10.4 Å². The Labute approximate surface area is 78.6 Å². The van der Waals surface area contributed by atoms with Crippen molar-refractivity contribution in [1.29, 1.82) is 0 Å². The van der Waals surface area contributed by atoms with Gasteiger partial charge in [0.05, 0.1) is 0 Å². The molecule has 2 rings (SSSR count). The van der Waals surface area contributed by atoms with Gasteiger partial charge in [0, 0.05) is 6.04 Å². The molecular weight excluding hydrogens is 162 g/mol. The number of hydrogen-bond donors (Lipinski definition) is 2. The van der Waals surface area contributed by atoms with Crippen molar-refractivity contribution < 1.29 is 5.11 Å². The molecule has 2 N–H and O–H groups in total. The average molecular weight is 177 g/mol. The third-order valence-corrected chi connectivity index (χ3v) is 2.70. The molecule has 1 aliphatic heterocycles. The summed E-state index contributed by atoms with van der Waals surface area (Å²) < 4.78 is 0. The van der Waals surface area contributed by atoms with Gasteiger partial charge in [-0.1, -0.05) is 13.0 Å². The summed E-state index contributed by atoms with van der Waals surface area (Å²) in [5, 5.41) is 12.8. The lowest BCUT2D eigenvalue weighted by atomic mass is 9.93. The zero-order valence-electron chi connectivity index (χ0n) is 7.88. The number of fused-ring (bicyclic) bond motifs is 1. The van der Waals surface area contributed by atoms with Crippen molar-refractivity contribution in [1.82, 2.24) is 5.32 Å². The molecule has 2 heteroatoms. The first-order chi connectivity index (χ1) is 6.31. The maximum Gasteiger partial charge on any atom is 0.115 e. The minimum Gasteiger partial charge on any atom is -0.508 e. The molecule has 1 unspecified atom stereocenters. The second-order valence-corrected chi connectivity index (χ2v) is 3.55. The maximum absolute atomic E-state index is 9.33. The molecule has 0 fully saturated rings. The van der Waals surface area contributed by atoms with Gasteiger partial charge in [0.2, 0.25) is 0 Å². The number of phenols is 1. The first-order valence-corrected chi connectivity index (χ1v) is 4.86. The topological polar surface area (TPSA) is 32.3 Å². The molecule has 0 saturated heterocycles. The van der Waals surface area contributed by atoms with Crippen molar-refractivity contribution in [2.24, 2.45) is 0 Å². The lowest BCUT2D eigenvalue weighted by Gasteiger charge is -2.25. The number of nitrogens with one attached hydrogen (secondary N) is 1. The van der Waals surface area contributed by atoms with Crippen LogP contribution in [0.5, 0.6) is 5.75 Å². The second-order valence-electron chi connectivity index (χ2n) is 3.55. The number of phenolic OH excluding ortho intramolecular Hbond substituents is 1. The SMILES string of the molecule is CCC1NCCc2cc(O)ccc21. The predicted octanol–water partition coefficient (Wildman–Crippen LogP) is 1.99. The molecule has 13 heavy (non-hydrogen) atoms. The number of benzene rings is 1. The molecule has 1 aromatic carbocycles. The van der Waals surface area contributed by atoms with Crippen LogP contribution in [0.2, 0.25) is 0 Å². The number of hydrogen-bond acceptors (Lipinski definition) is 2. The van der Waals surface area contributed by atoms with Crippen LogP contribution in [0.15, 0.2) is 18.2 Å². The van der Waals surface area contributed by atoms with E-state index in [1.807, 2.05) is 12.1 Å². The van der Waals surface area contributed by atoms with Crippen LogP contribution in [0.25, 0.3) is 0 Å².